The molecule has 0 aliphatic carbocycles. The number of amides is 1. The predicted molar refractivity (Wildman–Crippen MR) is 84.6 cm³/mol. The molecule has 2 heterocycles. The lowest BCUT2D eigenvalue weighted by Crippen LogP contribution is -2.29. The number of aromatic nitrogens is 1. The van der Waals surface area contributed by atoms with E-state index in [0.29, 0.717) is 19.6 Å². The molecule has 1 atom stereocenters. The van der Waals surface area contributed by atoms with Gasteiger partial charge in [-0.05, 0) is 36.1 Å². The molecule has 0 radical (unpaired) electrons. The van der Waals surface area contributed by atoms with Gasteiger partial charge >= 0.3 is 0 Å². The Kier molecular flexibility index (Phi) is 4.37. The van der Waals surface area contributed by atoms with Crippen LogP contribution in [0.5, 0.6) is 5.75 Å². The number of carbonyl (C=O) groups excluding carboxylic acids is 1. The molecule has 4 heteroatoms. The Morgan fingerprint density at radius 2 is 2.09 bits per heavy atom. The van der Waals surface area contributed by atoms with Crippen molar-refractivity contribution in [2.75, 3.05) is 13.7 Å². The summed E-state index contributed by atoms with van der Waals surface area (Å²) in [6.45, 7) is 1.23. The van der Waals surface area contributed by atoms with E-state index in [9.17, 15) is 4.79 Å². The third-order valence-electron chi connectivity index (χ3n) is 4.05. The van der Waals surface area contributed by atoms with E-state index in [1.807, 2.05) is 43.4 Å². The van der Waals surface area contributed by atoms with Crippen LogP contribution in [-0.2, 0) is 11.3 Å². The van der Waals surface area contributed by atoms with E-state index in [1.54, 1.807) is 11.1 Å². The largest absolute Gasteiger partial charge is 0.493 e. The summed E-state index contributed by atoms with van der Waals surface area (Å²) in [5.41, 5.74) is 2.05. The van der Waals surface area contributed by atoms with Crippen LogP contribution in [0.1, 0.15) is 30.0 Å². The Morgan fingerprint density at radius 3 is 2.91 bits per heavy atom. The van der Waals surface area contributed by atoms with Gasteiger partial charge in [0.05, 0.1) is 18.8 Å². The van der Waals surface area contributed by atoms with Crippen LogP contribution in [0.4, 0.5) is 0 Å². The molecule has 0 unspecified atom stereocenters. The first-order valence-corrected chi connectivity index (χ1v) is 7.59. The van der Waals surface area contributed by atoms with Gasteiger partial charge in [-0.15, -0.1) is 0 Å². The number of hydrogen-bond donors (Lipinski definition) is 0. The van der Waals surface area contributed by atoms with Gasteiger partial charge in [0, 0.05) is 19.7 Å². The average Bonchev–Trinajstić information content (AvgIpc) is 2.56. The van der Waals surface area contributed by atoms with Gasteiger partial charge in [0.15, 0.2) is 0 Å². The van der Waals surface area contributed by atoms with Crippen molar-refractivity contribution >= 4 is 5.91 Å². The Balaban J connectivity index is 1.65. The quantitative estimate of drug-likeness (QED) is 0.871. The molecule has 2 aromatic rings. The Morgan fingerprint density at radius 1 is 1.27 bits per heavy atom. The Hall–Kier alpha value is -2.36. The molecule has 1 aliphatic rings. The van der Waals surface area contributed by atoms with E-state index in [0.717, 1.165) is 23.4 Å². The SMILES string of the molecule is CN(Cc1ccccn1)C(=O)C[C@H]1CCOc2ccccc21. The van der Waals surface area contributed by atoms with E-state index < -0.39 is 0 Å². The van der Waals surface area contributed by atoms with Gasteiger partial charge in [-0.2, -0.15) is 0 Å². The average molecular weight is 296 g/mol. The molecular formula is C18H20N2O2. The zero-order valence-corrected chi connectivity index (χ0v) is 12.7. The molecule has 114 valence electrons. The number of ether oxygens (including phenoxy) is 1. The molecule has 0 N–H and O–H groups in total. The molecule has 0 spiro atoms. The zero-order chi connectivity index (χ0) is 15.4. The smallest absolute Gasteiger partial charge is 0.223 e. The van der Waals surface area contributed by atoms with Gasteiger partial charge in [-0.25, -0.2) is 0 Å². The van der Waals surface area contributed by atoms with Gasteiger partial charge in [0.25, 0.3) is 0 Å². The fourth-order valence-corrected chi connectivity index (χ4v) is 2.82. The highest BCUT2D eigenvalue weighted by atomic mass is 16.5. The van der Waals surface area contributed by atoms with Crippen LogP contribution in [0.2, 0.25) is 0 Å². The maximum atomic E-state index is 12.5. The normalized spacial score (nSPS) is 16.5. The molecule has 0 fully saturated rings. The minimum Gasteiger partial charge on any atom is -0.493 e. The fraction of sp³-hybridized carbons (Fsp3) is 0.333. The van der Waals surface area contributed by atoms with Gasteiger partial charge in [-0.1, -0.05) is 24.3 Å². The molecule has 4 nitrogen and oxygen atoms in total. The number of benzene rings is 1. The third-order valence-corrected chi connectivity index (χ3v) is 4.05. The molecule has 1 aromatic heterocycles. The summed E-state index contributed by atoms with van der Waals surface area (Å²) in [7, 11) is 1.84. The summed E-state index contributed by atoms with van der Waals surface area (Å²) in [6.07, 6.45) is 3.16. The minimum atomic E-state index is 0.146. The van der Waals surface area contributed by atoms with Gasteiger partial charge in [0.2, 0.25) is 5.91 Å². The summed E-state index contributed by atoms with van der Waals surface area (Å²) in [6, 6.07) is 13.8. The van der Waals surface area contributed by atoms with E-state index >= 15 is 0 Å². The Labute approximate surface area is 130 Å². The lowest BCUT2D eigenvalue weighted by Gasteiger charge is -2.27. The molecule has 0 bridgehead atoms. The highest BCUT2D eigenvalue weighted by Gasteiger charge is 2.24. The highest BCUT2D eigenvalue weighted by molar-refractivity contribution is 5.77. The number of rotatable bonds is 4. The van der Waals surface area contributed by atoms with Crippen LogP contribution in [0, 0.1) is 0 Å². The standard InChI is InChI=1S/C18H20N2O2/c1-20(13-15-6-4-5-10-19-15)18(21)12-14-9-11-22-17-8-3-2-7-16(14)17/h2-8,10,14H,9,11-13H2,1H3/t14-/m1/s1. The third kappa shape index (κ3) is 3.27. The van der Waals surface area contributed by atoms with Crippen LogP contribution < -0.4 is 4.74 Å². The van der Waals surface area contributed by atoms with E-state index in [2.05, 4.69) is 11.1 Å². The molecule has 1 aliphatic heterocycles. The first-order chi connectivity index (χ1) is 10.7. The Bertz CT molecular complexity index is 643. The molecule has 22 heavy (non-hydrogen) atoms. The van der Waals surface area contributed by atoms with Crippen molar-refractivity contribution in [1.82, 2.24) is 9.88 Å². The van der Waals surface area contributed by atoms with Crippen molar-refractivity contribution in [2.24, 2.45) is 0 Å². The second-order valence-corrected chi connectivity index (χ2v) is 5.65. The number of fused-ring (bicyclic) bond motifs is 1. The monoisotopic (exact) mass is 296 g/mol. The molecule has 0 saturated carbocycles. The van der Waals surface area contributed by atoms with Crippen LogP contribution in [0.3, 0.4) is 0 Å². The first kappa shape index (κ1) is 14.6. The summed E-state index contributed by atoms with van der Waals surface area (Å²) >= 11 is 0. The lowest BCUT2D eigenvalue weighted by atomic mass is 9.90. The topological polar surface area (TPSA) is 42.4 Å². The molecule has 1 aromatic carbocycles. The first-order valence-electron chi connectivity index (χ1n) is 7.59. The van der Waals surface area contributed by atoms with Crippen molar-refractivity contribution < 1.29 is 9.53 Å². The lowest BCUT2D eigenvalue weighted by molar-refractivity contribution is -0.131. The van der Waals surface area contributed by atoms with Gasteiger partial charge in [0.1, 0.15) is 5.75 Å². The van der Waals surface area contributed by atoms with E-state index in [1.165, 1.54) is 0 Å². The molecule has 1 amide bonds. The number of pyridine rings is 1. The highest BCUT2D eigenvalue weighted by Crippen LogP contribution is 2.35. The van der Waals surface area contributed by atoms with Crippen LogP contribution in [-0.4, -0.2) is 29.4 Å². The van der Waals surface area contributed by atoms with Crippen molar-refractivity contribution in [3.8, 4) is 5.75 Å². The summed E-state index contributed by atoms with van der Waals surface area (Å²) < 4.78 is 5.66. The number of nitrogens with zero attached hydrogens (tertiary/aromatic N) is 2. The number of carbonyl (C=O) groups is 1. The molecule has 3 rings (SSSR count). The minimum absolute atomic E-state index is 0.146. The van der Waals surface area contributed by atoms with Crippen LogP contribution in [0.25, 0.3) is 0 Å². The fourth-order valence-electron chi connectivity index (χ4n) is 2.82. The second-order valence-electron chi connectivity index (χ2n) is 5.65. The van der Waals surface area contributed by atoms with Gasteiger partial charge < -0.3 is 9.64 Å². The van der Waals surface area contributed by atoms with Crippen molar-refractivity contribution in [2.45, 2.75) is 25.3 Å². The van der Waals surface area contributed by atoms with E-state index in [-0.39, 0.29) is 11.8 Å². The van der Waals surface area contributed by atoms with Crippen molar-refractivity contribution in [3.05, 3.63) is 59.9 Å². The number of hydrogen-bond acceptors (Lipinski definition) is 3. The van der Waals surface area contributed by atoms with E-state index in [4.69, 9.17) is 4.74 Å². The maximum absolute atomic E-state index is 12.5. The summed E-state index contributed by atoms with van der Waals surface area (Å²) in [4.78, 5) is 18.5. The maximum Gasteiger partial charge on any atom is 0.223 e. The van der Waals surface area contributed by atoms with Crippen LogP contribution >= 0.6 is 0 Å². The zero-order valence-electron chi connectivity index (χ0n) is 12.7. The summed E-state index contributed by atoms with van der Waals surface area (Å²) in [5, 5.41) is 0. The molecule has 0 saturated heterocycles. The predicted octanol–water partition coefficient (Wildman–Crippen LogP) is 3.00. The summed E-state index contributed by atoms with van der Waals surface area (Å²) in [5.74, 6) is 1.30. The van der Waals surface area contributed by atoms with Crippen molar-refractivity contribution in [1.29, 1.82) is 0 Å². The van der Waals surface area contributed by atoms with Crippen molar-refractivity contribution in [3.63, 3.8) is 0 Å². The number of para-hydroxylation sites is 1. The van der Waals surface area contributed by atoms with Crippen LogP contribution in [0.15, 0.2) is 48.7 Å². The second kappa shape index (κ2) is 6.60. The van der Waals surface area contributed by atoms with Gasteiger partial charge in [-0.3, -0.25) is 9.78 Å². The molecular weight excluding hydrogens is 276 g/mol.